The molecule has 2 nitrogen and oxygen atoms in total. The second-order valence-electron chi connectivity index (χ2n) is 13.2. The molecule has 0 unspecified atom stereocenters. The van der Waals surface area contributed by atoms with Crippen LogP contribution in [0.15, 0.2) is 109 Å². The molecule has 0 spiro atoms. The number of rotatable bonds is 4. The largest absolute Gasteiger partial charge is 0.309 e. The molecule has 0 amide bonds. The van der Waals surface area contributed by atoms with Crippen molar-refractivity contribution < 1.29 is 0 Å². The molecule has 0 radical (unpaired) electrons. The van der Waals surface area contributed by atoms with Crippen LogP contribution < -0.4 is 10.4 Å². The van der Waals surface area contributed by atoms with Crippen LogP contribution in [0.2, 0.25) is 39.3 Å². The summed E-state index contributed by atoms with van der Waals surface area (Å²) in [6.07, 6.45) is 0. The molecule has 7 aromatic rings. The van der Waals surface area contributed by atoms with Gasteiger partial charge >= 0.3 is 0 Å². The first-order valence-electron chi connectivity index (χ1n) is 14.3. The van der Waals surface area contributed by atoms with Gasteiger partial charge in [0.1, 0.15) is 0 Å². The molecule has 0 saturated heterocycles. The fourth-order valence-corrected chi connectivity index (χ4v) is 8.53. The molecule has 5 aromatic carbocycles. The van der Waals surface area contributed by atoms with E-state index in [1.54, 1.807) is 0 Å². The Balaban J connectivity index is 1.49. The predicted octanol–water partition coefficient (Wildman–Crippen LogP) is 8.97. The van der Waals surface area contributed by atoms with Crippen LogP contribution in [-0.4, -0.2) is 25.3 Å². The van der Waals surface area contributed by atoms with E-state index >= 15 is 0 Å². The summed E-state index contributed by atoms with van der Waals surface area (Å²) in [5, 5.41) is 8.32. The van der Waals surface area contributed by atoms with E-state index in [0.29, 0.717) is 0 Å². The number of nitrogens with zero attached hydrogens (tertiary/aromatic N) is 2. The van der Waals surface area contributed by atoms with Crippen LogP contribution in [0.3, 0.4) is 0 Å². The highest BCUT2D eigenvalue weighted by Crippen LogP contribution is 2.35. The number of hydrogen-bond donors (Lipinski definition) is 0. The molecule has 0 aliphatic heterocycles. The molecule has 0 bridgehead atoms. The van der Waals surface area contributed by atoms with E-state index in [4.69, 9.17) is 0 Å². The van der Waals surface area contributed by atoms with Gasteiger partial charge in [-0.2, -0.15) is 0 Å². The predicted molar refractivity (Wildman–Crippen MR) is 181 cm³/mol. The van der Waals surface area contributed by atoms with Crippen molar-refractivity contribution in [3.05, 3.63) is 109 Å². The third-order valence-electron chi connectivity index (χ3n) is 8.42. The van der Waals surface area contributed by atoms with Gasteiger partial charge in [0.05, 0.1) is 38.2 Å². The maximum absolute atomic E-state index is 2.45. The Morgan fingerprint density at radius 3 is 1.20 bits per heavy atom. The number of hydrogen-bond acceptors (Lipinski definition) is 0. The summed E-state index contributed by atoms with van der Waals surface area (Å²) in [5.41, 5.74) is 7.42. The number of benzene rings is 5. The molecular formula is C36H36N2Si2. The molecule has 0 aliphatic carbocycles. The third-order valence-corrected chi connectivity index (χ3v) is 12.5. The number of fused-ring (bicyclic) bond motifs is 6. The van der Waals surface area contributed by atoms with E-state index in [2.05, 4.69) is 158 Å². The van der Waals surface area contributed by atoms with Crippen molar-refractivity contribution in [2.24, 2.45) is 0 Å². The van der Waals surface area contributed by atoms with Gasteiger partial charge in [-0.3, -0.25) is 0 Å². The monoisotopic (exact) mass is 552 g/mol. The van der Waals surface area contributed by atoms with E-state index in [1.807, 2.05) is 0 Å². The zero-order chi connectivity index (χ0) is 27.8. The first kappa shape index (κ1) is 25.1. The van der Waals surface area contributed by atoms with Gasteiger partial charge < -0.3 is 9.13 Å². The minimum Gasteiger partial charge on any atom is -0.309 e. The molecule has 40 heavy (non-hydrogen) atoms. The molecule has 0 atom stereocenters. The lowest BCUT2D eigenvalue weighted by Gasteiger charge is -2.17. The first-order valence-corrected chi connectivity index (χ1v) is 21.3. The fourth-order valence-electron chi connectivity index (χ4n) is 6.21. The maximum Gasteiger partial charge on any atom is 0.0776 e. The van der Waals surface area contributed by atoms with Gasteiger partial charge in [0, 0.05) is 32.9 Å². The highest BCUT2D eigenvalue weighted by Gasteiger charge is 2.21. The molecular weight excluding hydrogens is 517 g/mol. The van der Waals surface area contributed by atoms with E-state index in [9.17, 15) is 0 Å². The fraction of sp³-hybridized carbons (Fsp3) is 0.167. The van der Waals surface area contributed by atoms with Gasteiger partial charge in [-0.25, -0.2) is 0 Å². The summed E-state index contributed by atoms with van der Waals surface area (Å²) < 4.78 is 4.89. The molecule has 2 heterocycles. The summed E-state index contributed by atoms with van der Waals surface area (Å²) in [7, 11) is -2.86. The van der Waals surface area contributed by atoms with Crippen molar-refractivity contribution in [3.63, 3.8) is 0 Å². The Kier molecular flexibility index (Phi) is 5.54. The van der Waals surface area contributed by atoms with Crippen molar-refractivity contribution >= 4 is 70.1 Å². The van der Waals surface area contributed by atoms with Crippen LogP contribution in [0.1, 0.15) is 0 Å². The highest BCUT2D eigenvalue weighted by atomic mass is 28.3. The van der Waals surface area contributed by atoms with Gasteiger partial charge in [0.25, 0.3) is 0 Å². The molecule has 4 heteroatoms. The Morgan fingerprint density at radius 2 is 0.775 bits per heavy atom. The molecule has 198 valence electrons. The lowest BCUT2D eigenvalue weighted by molar-refractivity contribution is 1.13. The molecule has 0 fully saturated rings. The van der Waals surface area contributed by atoms with Crippen LogP contribution in [0.4, 0.5) is 0 Å². The normalized spacial score (nSPS) is 12.8. The van der Waals surface area contributed by atoms with Crippen molar-refractivity contribution in [3.8, 4) is 11.4 Å². The molecule has 0 saturated carbocycles. The highest BCUT2D eigenvalue weighted by molar-refractivity contribution is 6.89. The lowest BCUT2D eigenvalue weighted by atomic mass is 10.1. The van der Waals surface area contributed by atoms with Gasteiger partial charge in [0.2, 0.25) is 0 Å². The van der Waals surface area contributed by atoms with Gasteiger partial charge in [0.15, 0.2) is 0 Å². The van der Waals surface area contributed by atoms with Gasteiger partial charge in [-0.05, 0) is 42.5 Å². The first-order chi connectivity index (χ1) is 19.1. The minimum atomic E-state index is -1.43. The Labute approximate surface area is 238 Å². The quantitative estimate of drug-likeness (QED) is 0.193. The summed E-state index contributed by atoms with van der Waals surface area (Å²) >= 11 is 0. The van der Waals surface area contributed by atoms with Crippen molar-refractivity contribution in [1.29, 1.82) is 0 Å². The van der Waals surface area contributed by atoms with Crippen molar-refractivity contribution in [2.45, 2.75) is 39.3 Å². The van der Waals surface area contributed by atoms with E-state index in [-0.39, 0.29) is 0 Å². The standard InChI is InChI=1S/C36H36N2Si2/c1-39(2,3)27-18-20-35-31(23-27)29-14-7-9-16-33(29)37(35)25-12-11-13-26(22-25)38-34-17-10-8-15-30(34)32-24-28(40(4,5)6)19-21-36(32)38/h7-24H,1-6H3. The van der Waals surface area contributed by atoms with Crippen LogP contribution in [-0.2, 0) is 0 Å². The minimum absolute atomic E-state index is 1.19. The SMILES string of the molecule is C[Si](C)(C)c1ccc2c(c1)c1ccccc1n2-c1cccc(-n2c3ccccc3c3cc([Si](C)(C)C)ccc32)c1. The maximum atomic E-state index is 2.45. The summed E-state index contributed by atoms with van der Waals surface area (Å²) in [4.78, 5) is 0. The molecule has 2 aromatic heterocycles. The summed E-state index contributed by atoms with van der Waals surface area (Å²) in [6, 6.07) is 41.1. The zero-order valence-corrected chi connectivity index (χ0v) is 26.3. The third kappa shape index (κ3) is 3.89. The smallest absolute Gasteiger partial charge is 0.0776 e. The number of aromatic nitrogens is 2. The van der Waals surface area contributed by atoms with Gasteiger partial charge in [-0.15, -0.1) is 0 Å². The van der Waals surface area contributed by atoms with Crippen LogP contribution in [0.25, 0.3) is 55.0 Å². The molecule has 0 N–H and O–H groups in total. The topological polar surface area (TPSA) is 9.86 Å². The van der Waals surface area contributed by atoms with E-state index in [1.165, 1.54) is 65.4 Å². The second-order valence-corrected chi connectivity index (χ2v) is 23.3. The lowest BCUT2D eigenvalue weighted by Crippen LogP contribution is -2.37. The van der Waals surface area contributed by atoms with Gasteiger partial charge in [-0.1, -0.05) is 116 Å². The van der Waals surface area contributed by atoms with Crippen LogP contribution >= 0.6 is 0 Å². The average Bonchev–Trinajstić information content (AvgIpc) is 3.44. The van der Waals surface area contributed by atoms with Crippen molar-refractivity contribution in [2.75, 3.05) is 0 Å². The summed E-state index contributed by atoms with van der Waals surface area (Å²) in [6.45, 7) is 14.6. The Morgan fingerprint density at radius 1 is 0.375 bits per heavy atom. The van der Waals surface area contributed by atoms with Crippen molar-refractivity contribution in [1.82, 2.24) is 9.13 Å². The summed E-state index contributed by atoms with van der Waals surface area (Å²) in [5.74, 6) is 0. The second kappa shape index (κ2) is 8.82. The number of para-hydroxylation sites is 2. The Hall–Kier alpha value is -3.87. The van der Waals surface area contributed by atoms with Crippen LogP contribution in [0, 0.1) is 0 Å². The zero-order valence-electron chi connectivity index (χ0n) is 24.3. The molecule has 0 aliphatic rings. The van der Waals surface area contributed by atoms with Crippen LogP contribution in [0.5, 0.6) is 0 Å². The average molecular weight is 553 g/mol. The molecule has 7 rings (SSSR count). The van der Waals surface area contributed by atoms with E-state index < -0.39 is 16.1 Å². The Bertz CT molecular complexity index is 1930. The van der Waals surface area contributed by atoms with E-state index in [0.717, 1.165) is 0 Å².